The third-order valence-corrected chi connectivity index (χ3v) is 3.33. The molecule has 2 aromatic heterocycles. The van der Waals surface area contributed by atoms with Crippen LogP contribution in [0.5, 0.6) is 11.5 Å². The Morgan fingerprint density at radius 3 is 2.83 bits per heavy atom. The van der Waals surface area contributed by atoms with Crippen molar-refractivity contribution >= 4 is 33.7 Å². The Balaban J connectivity index is 2.36. The summed E-state index contributed by atoms with van der Waals surface area (Å²) in [6.45, 7) is 1.18. The maximum atomic E-state index is 11.8. The van der Waals surface area contributed by atoms with Crippen LogP contribution in [-0.4, -0.2) is 27.3 Å². The van der Waals surface area contributed by atoms with Gasteiger partial charge in [0, 0.05) is 24.9 Å². The van der Waals surface area contributed by atoms with Crippen molar-refractivity contribution in [1.82, 2.24) is 4.98 Å². The zero-order chi connectivity index (χ0) is 16.8. The summed E-state index contributed by atoms with van der Waals surface area (Å²) in [5.41, 5.74) is 0.347. The number of aromatic hydroxyl groups is 1. The van der Waals surface area contributed by atoms with Crippen molar-refractivity contribution in [2.75, 3.05) is 10.6 Å². The lowest BCUT2D eigenvalue weighted by Crippen LogP contribution is -2.12. The molecule has 0 spiro atoms. The largest absolute Gasteiger partial charge is 0.501 e. The standard InChI is InChI=1S/C15H15BrN2O5/c1-9(19)22-14-12(21)13(10-5-2-3-8-17-10)23-15(14)18-11(20)6-4-7-16/h2-3,5,8,21H,4,6-7H2,1H3,(H,18,20). The molecule has 2 rings (SSSR count). The number of hydrogen-bond donors (Lipinski definition) is 2. The molecule has 0 saturated heterocycles. The van der Waals surface area contributed by atoms with Gasteiger partial charge in [0.1, 0.15) is 5.69 Å². The molecule has 1 amide bonds. The van der Waals surface area contributed by atoms with Gasteiger partial charge in [-0.3, -0.25) is 19.9 Å². The number of furan rings is 1. The van der Waals surface area contributed by atoms with E-state index in [-0.39, 0.29) is 29.7 Å². The van der Waals surface area contributed by atoms with Gasteiger partial charge in [0.2, 0.25) is 29.1 Å². The number of hydrogen-bond acceptors (Lipinski definition) is 6. The van der Waals surface area contributed by atoms with Crippen LogP contribution in [0.15, 0.2) is 28.8 Å². The molecule has 2 heterocycles. The minimum Gasteiger partial charge on any atom is -0.501 e. The van der Waals surface area contributed by atoms with Gasteiger partial charge in [-0.15, -0.1) is 0 Å². The Labute approximate surface area is 140 Å². The van der Waals surface area contributed by atoms with Gasteiger partial charge >= 0.3 is 5.97 Å². The highest BCUT2D eigenvalue weighted by molar-refractivity contribution is 9.09. The number of nitrogens with zero attached hydrogens (tertiary/aromatic N) is 1. The van der Waals surface area contributed by atoms with E-state index in [4.69, 9.17) is 9.15 Å². The molecular weight excluding hydrogens is 368 g/mol. The normalized spacial score (nSPS) is 10.3. The molecule has 7 nitrogen and oxygen atoms in total. The molecule has 0 aliphatic rings. The molecule has 2 aromatic rings. The fourth-order valence-corrected chi connectivity index (χ4v) is 2.10. The predicted octanol–water partition coefficient (Wildman–Crippen LogP) is 3.09. The summed E-state index contributed by atoms with van der Waals surface area (Å²) in [6.07, 6.45) is 2.41. The predicted molar refractivity (Wildman–Crippen MR) is 86.6 cm³/mol. The van der Waals surface area contributed by atoms with Crippen molar-refractivity contribution < 1.29 is 23.8 Å². The molecule has 0 unspecified atom stereocenters. The molecule has 0 saturated carbocycles. The second kappa shape index (κ2) is 7.77. The highest BCUT2D eigenvalue weighted by atomic mass is 79.9. The average Bonchev–Trinajstić information content (AvgIpc) is 2.82. The van der Waals surface area contributed by atoms with Gasteiger partial charge in [0.15, 0.2) is 0 Å². The van der Waals surface area contributed by atoms with Crippen LogP contribution in [0, 0.1) is 0 Å². The first-order valence-electron chi connectivity index (χ1n) is 6.84. The fraction of sp³-hybridized carbons (Fsp3) is 0.267. The van der Waals surface area contributed by atoms with E-state index in [0.717, 1.165) is 0 Å². The number of alkyl halides is 1. The van der Waals surface area contributed by atoms with Gasteiger partial charge in [-0.2, -0.15) is 0 Å². The van der Waals surface area contributed by atoms with Crippen molar-refractivity contribution in [3.05, 3.63) is 24.4 Å². The van der Waals surface area contributed by atoms with Gasteiger partial charge in [0.05, 0.1) is 0 Å². The maximum Gasteiger partial charge on any atom is 0.308 e. The van der Waals surface area contributed by atoms with Gasteiger partial charge in [-0.25, -0.2) is 0 Å². The molecule has 0 bridgehead atoms. The summed E-state index contributed by atoms with van der Waals surface area (Å²) in [6, 6.07) is 5.04. The van der Waals surface area contributed by atoms with Crippen molar-refractivity contribution in [3.63, 3.8) is 0 Å². The second-order valence-corrected chi connectivity index (χ2v) is 5.38. The summed E-state index contributed by atoms with van der Waals surface area (Å²) < 4.78 is 10.4. The first kappa shape index (κ1) is 17.0. The van der Waals surface area contributed by atoms with Crippen LogP contribution >= 0.6 is 15.9 Å². The lowest BCUT2D eigenvalue weighted by molar-refractivity contribution is -0.132. The van der Waals surface area contributed by atoms with Gasteiger partial charge in [-0.05, 0) is 18.6 Å². The molecule has 0 fully saturated rings. The highest BCUT2D eigenvalue weighted by Crippen LogP contribution is 2.45. The van der Waals surface area contributed by atoms with Crippen LogP contribution in [0.4, 0.5) is 5.88 Å². The monoisotopic (exact) mass is 382 g/mol. The number of carbonyl (C=O) groups is 2. The summed E-state index contributed by atoms with van der Waals surface area (Å²) in [4.78, 5) is 27.1. The highest BCUT2D eigenvalue weighted by Gasteiger charge is 2.25. The van der Waals surface area contributed by atoms with Crippen LogP contribution < -0.4 is 10.1 Å². The number of pyridine rings is 1. The Hall–Kier alpha value is -2.35. The summed E-state index contributed by atoms with van der Waals surface area (Å²) >= 11 is 3.24. The van der Waals surface area contributed by atoms with E-state index in [9.17, 15) is 14.7 Å². The maximum absolute atomic E-state index is 11.8. The third-order valence-electron chi connectivity index (χ3n) is 2.77. The van der Waals surface area contributed by atoms with E-state index in [1.807, 2.05) is 0 Å². The zero-order valence-corrected chi connectivity index (χ0v) is 13.9. The summed E-state index contributed by atoms with van der Waals surface area (Å²) in [5.74, 6) is -1.71. The van der Waals surface area contributed by atoms with Gasteiger partial charge in [-0.1, -0.05) is 22.0 Å². The molecule has 0 radical (unpaired) electrons. The molecule has 0 atom stereocenters. The smallest absolute Gasteiger partial charge is 0.308 e. The number of anilines is 1. The number of esters is 1. The molecule has 23 heavy (non-hydrogen) atoms. The number of carbonyl (C=O) groups excluding carboxylic acids is 2. The van der Waals surface area contributed by atoms with E-state index in [1.165, 1.54) is 13.1 Å². The molecular formula is C15H15BrN2O5. The number of rotatable bonds is 6. The fourth-order valence-electron chi connectivity index (χ4n) is 1.82. The third kappa shape index (κ3) is 4.32. The van der Waals surface area contributed by atoms with Crippen molar-refractivity contribution in [2.24, 2.45) is 0 Å². The van der Waals surface area contributed by atoms with E-state index in [2.05, 4.69) is 26.2 Å². The molecule has 122 valence electrons. The second-order valence-electron chi connectivity index (χ2n) is 4.59. The van der Waals surface area contributed by atoms with E-state index >= 15 is 0 Å². The zero-order valence-electron chi connectivity index (χ0n) is 12.3. The van der Waals surface area contributed by atoms with E-state index < -0.39 is 11.7 Å². The quantitative estimate of drug-likeness (QED) is 0.587. The van der Waals surface area contributed by atoms with Crippen LogP contribution in [0.25, 0.3) is 11.5 Å². The lowest BCUT2D eigenvalue weighted by Gasteiger charge is -2.04. The number of halogens is 1. The summed E-state index contributed by atoms with van der Waals surface area (Å²) in [7, 11) is 0. The average molecular weight is 383 g/mol. The summed E-state index contributed by atoms with van der Waals surface area (Å²) in [5, 5.41) is 13.4. The SMILES string of the molecule is CC(=O)Oc1c(NC(=O)CCCBr)oc(-c2ccccn2)c1O. The topological polar surface area (TPSA) is 102 Å². The Kier molecular flexibility index (Phi) is 5.75. The van der Waals surface area contributed by atoms with Crippen LogP contribution in [0.2, 0.25) is 0 Å². The Morgan fingerprint density at radius 1 is 1.43 bits per heavy atom. The van der Waals surface area contributed by atoms with Gasteiger partial charge in [0.25, 0.3) is 0 Å². The molecule has 0 aromatic carbocycles. The van der Waals surface area contributed by atoms with Crippen LogP contribution in [-0.2, 0) is 9.59 Å². The number of amides is 1. The number of ether oxygens (including phenoxy) is 1. The van der Waals surface area contributed by atoms with Gasteiger partial charge < -0.3 is 14.3 Å². The van der Waals surface area contributed by atoms with E-state index in [1.54, 1.807) is 18.2 Å². The van der Waals surface area contributed by atoms with Crippen molar-refractivity contribution in [2.45, 2.75) is 19.8 Å². The molecule has 8 heteroatoms. The molecule has 0 aliphatic heterocycles. The first-order valence-corrected chi connectivity index (χ1v) is 7.96. The lowest BCUT2D eigenvalue weighted by atomic mass is 10.2. The van der Waals surface area contributed by atoms with Crippen molar-refractivity contribution in [3.8, 4) is 23.0 Å². The minimum absolute atomic E-state index is 0.0117. The Bertz CT molecular complexity index is 699. The minimum atomic E-state index is -0.648. The molecule has 2 N–H and O–H groups in total. The number of nitrogens with one attached hydrogen (secondary N) is 1. The molecule has 0 aliphatic carbocycles. The van der Waals surface area contributed by atoms with Crippen LogP contribution in [0.3, 0.4) is 0 Å². The number of aromatic nitrogens is 1. The first-order chi connectivity index (χ1) is 11.0. The van der Waals surface area contributed by atoms with Crippen molar-refractivity contribution in [1.29, 1.82) is 0 Å². The Morgan fingerprint density at radius 2 is 2.22 bits per heavy atom. The van der Waals surface area contributed by atoms with Crippen LogP contribution in [0.1, 0.15) is 19.8 Å². The van der Waals surface area contributed by atoms with E-state index in [0.29, 0.717) is 17.4 Å².